The number of rotatable bonds is 8. The van der Waals surface area contributed by atoms with Crippen LogP contribution in [0.2, 0.25) is 0 Å². The second-order valence-electron chi connectivity index (χ2n) is 12.9. The van der Waals surface area contributed by atoms with Gasteiger partial charge in [-0.05, 0) is 103 Å². The van der Waals surface area contributed by atoms with E-state index in [9.17, 15) is 18.8 Å². The predicted molar refractivity (Wildman–Crippen MR) is 207 cm³/mol. The van der Waals surface area contributed by atoms with Crippen LogP contribution in [0.1, 0.15) is 49.4 Å². The van der Waals surface area contributed by atoms with Gasteiger partial charge in [0.1, 0.15) is 42.6 Å². The van der Waals surface area contributed by atoms with E-state index in [-0.39, 0.29) is 30.6 Å². The molecular formula is C41H48FN5O5S. The highest BCUT2D eigenvalue weighted by Gasteiger charge is 2.27. The molecule has 280 valence electrons. The van der Waals surface area contributed by atoms with Gasteiger partial charge in [-0.3, -0.25) is 14.4 Å². The highest BCUT2D eigenvalue weighted by molar-refractivity contribution is 7.98. The van der Waals surface area contributed by atoms with Gasteiger partial charge in [0.15, 0.2) is 0 Å². The maximum Gasteiger partial charge on any atom is 0.243 e. The minimum atomic E-state index is -0.869. The Morgan fingerprint density at radius 1 is 1.04 bits per heavy atom. The Kier molecular flexibility index (Phi) is 14.9. The SMILES string of the molecule is CCCCNC(=O)[C@@H]1Cc2ccc(cc2)OC/C=C\c2cccc(c2)OCCCc2c(-c3ccc(F)cc3)ncn2CC(=O)N[C@@H](CCSC)C(=O)N1. The molecule has 0 radical (unpaired) electrons. The Balaban J connectivity index is 1.43. The molecule has 4 aromatic rings. The van der Waals surface area contributed by atoms with E-state index in [2.05, 4.69) is 20.9 Å². The number of carbonyl (C=O) groups excluding carboxylic acids is 3. The summed E-state index contributed by atoms with van der Waals surface area (Å²) in [6, 6.07) is 19.6. The van der Waals surface area contributed by atoms with Crippen LogP contribution in [0, 0.1) is 5.82 Å². The van der Waals surface area contributed by atoms with Gasteiger partial charge in [0.05, 0.1) is 18.6 Å². The number of fused-ring (bicyclic) bond motifs is 14. The lowest BCUT2D eigenvalue weighted by Crippen LogP contribution is -2.55. The van der Waals surface area contributed by atoms with Crippen LogP contribution < -0.4 is 25.4 Å². The lowest BCUT2D eigenvalue weighted by Gasteiger charge is -2.23. The largest absolute Gasteiger partial charge is 0.494 e. The Morgan fingerprint density at radius 2 is 1.85 bits per heavy atom. The van der Waals surface area contributed by atoms with Crippen molar-refractivity contribution in [2.45, 2.75) is 64.1 Å². The summed E-state index contributed by atoms with van der Waals surface area (Å²) in [6.07, 6.45) is 11.0. The van der Waals surface area contributed by atoms with Crippen LogP contribution in [0.15, 0.2) is 85.2 Å². The van der Waals surface area contributed by atoms with Crippen molar-refractivity contribution in [1.82, 2.24) is 25.5 Å². The highest BCUT2D eigenvalue weighted by atomic mass is 32.2. The number of nitrogens with one attached hydrogen (secondary N) is 3. The number of hydrogen-bond acceptors (Lipinski definition) is 7. The molecule has 6 rings (SSSR count). The Bertz CT molecular complexity index is 1830. The van der Waals surface area contributed by atoms with E-state index in [4.69, 9.17) is 9.47 Å². The number of nitrogens with zero attached hydrogens (tertiary/aromatic N) is 2. The van der Waals surface area contributed by atoms with Crippen LogP contribution >= 0.6 is 11.8 Å². The van der Waals surface area contributed by atoms with E-state index < -0.39 is 18.0 Å². The van der Waals surface area contributed by atoms with Gasteiger partial charge in [0, 0.05) is 24.2 Å². The summed E-state index contributed by atoms with van der Waals surface area (Å²) < 4.78 is 27.6. The molecule has 4 bridgehead atoms. The summed E-state index contributed by atoms with van der Waals surface area (Å²) in [5, 5.41) is 8.82. The van der Waals surface area contributed by atoms with Crippen molar-refractivity contribution in [3.63, 3.8) is 0 Å². The number of hydrogen-bond donors (Lipinski definition) is 3. The van der Waals surface area contributed by atoms with Crippen molar-refractivity contribution in [1.29, 1.82) is 0 Å². The fourth-order valence-corrected chi connectivity index (χ4v) is 6.44. The van der Waals surface area contributed by atoms with Crippen LogP contribution in [-0.2, 0) is 33.8 Å². The molecule has 3 N–H and O–H groups in total. The number of thioether (sulfide) groups is 1. The second-order valence-corrected chi connectivity index (χ2v) is 13.9. The molecule has 3 aromatic carbocycles. The maximum absolute atomic E-state index is 13.8. The van der Waals surface area contributed by atoms with Crippen LogP contribution in [0.3, 0.4) is 0 Å². The number of imidazole rings is 1. The topological polar surface area (TPSA) is 124 Å². The average molecular weight is 742 g/mol. The van der Waals surface area contributed by atoms with E-state index in [0.717, 1.165) is 41.0 Å². The first-order chi connectivity index (χ1) is 25.8. The quantitative estimate of drug-likeness (QED) is 0.190. The summed E-state index contributed by atoms with van der Waals surface area (Å²) in [4.78, 5) is 45.5. The van der Waals surface area contributed by atoms with Gasteiger partial charge in [-0.15, -0.1) is 0 Å². The molecule has 53 heavy (non-hydrogen) atoms. The van der Waals surface area contributed by atoms with Crippen molar-refractivity contribution in [2.75, 3.05) is 31.8 Å². The van der Waals surface area contributed by atoms with Gasteiger partial charge >= 0.3 is 0 Å². The molecule has 0 unspecified atom stereocenters. The van der Waals surface area contributed by atoms with Crippen molar-refractivity contribution in [3.05, 3.63) is 108 Å². The van der Waals surface area contributed by atoms with Crippen molar-refractivity contribution in [2.24, 2.45) is 0 Å². The monoisotopic (exact) mass is 741 g/mol. The van der Waals surface area contributed by atoms with Crippen LogP contribution in [0.25, 0.3) is 17.3 Å². The first-order valence-corrected chi connectivity index (χ1v) is 19.5. The van der Waals surface area contributed by atoms with Crippen LogP contribution in [0.5, 0.6) is 11.5 Å². The van der Waals surface area contributed by atoms with E-state index in [1.165, 1.54) is 12.1 Å². The lowest BCUT2D eigenvalue weighted by atomic mass is 10.0. The van der Waals surface area contributed by atoms with Crippen molar-refractivity contribution < 1.29 is 28.2 Å². The minimum Gasteiger partial charge on any atom is -0.494 e. The standard InChI is InChI=1S/C41H48FN5O5S/c1-3-4-21-43-40(49)36-26-30-12-18-33(19-13-30)51-22-6-9-29-8-5-10-34(25-29)52-23-7-11-37-39(31-14-16-32(42)17-15-31)44-28-47(37)27-38(48)45-35(20-24-53-2)41(50)46-36/h5-6,8-10,12-19,25,28,35-36H,3-4,7,11,20-24,26-27H2,1-2H3,(H,43,49)(H,45,48)(H,46,50)/b9-6-/t35-,36-/m0/s1. The van der Waals surface area contributed by atoms with Gasteiger partial charge in [-0.2, -0.15) is 11.8 Å². The maximum atomic E-state index is 13.8. The van der Waals surface area contributed by atoms with E-state index in [1.54, 1.807) is 34.8 Å². The molecule has 3 amide bonds. The predicted octanol–water partition coefficient (Wildman–Crippen LogP) is 5.99. The van der Waals surface area contributed by atoms with Crippen LogP contribution in [0.4, 0.5) is 4.39 Å². The molecule has 2 aliphatic heterocycles. The molecule has 0 fully saturated rings. The highest BCUT2D eigenvalue weighted by Crippen LogP contribution is 2.25. The molecule has 2 atom stereocenters. The third kappa shape index (κ3) is 12.0. The fraction of sp³-hybridized carbons (Fsp3) is 0.366. The molecule has 2 aliphatic rings. The summed E-state index contributed by atoms with van der Waals surface area (Å²) in [5.74, 6) is 0.587. The number of unbranched alkanes of at least 4 members (excludes halogenated alkanes) is 1. The number of halogens is 1. The Labute approximate surface area is 314 Å². The first kappa shape index (κ1) is 39.1. The third-order valence-corrected chi connectivity index (χ3v) is 9.45. The number of amides is 3. The van der Waals surface area contributed by atoms with Gasteiger partial charge in [0.25, 0.3) is 0 Å². The van der Waals surface area contributed by atoms with Crippen LogP contribution in [-0.4, -0.2) is 71.1 Å². The van der Waals surface area contributed by atoms with Gasteiger partial charge < -0.3 is 30.0 Å². The Hall–Kier alpha value is -5.10. The molecule has 1 aromatic heterocycles. The van der Waals surface area contributed by atoms with Gasteiger partial charge in [-0.25, -0.2) is 9.37 Å². The lowest BCUT2D eigenvalue weighted by molar-refractivity contribution is -0.132. The van der Waals surface area contributed by atoms with E-state index in [0.29, 0.717) is 56.2 Å². The molecule has 0 aliphatic carbocycles. The minimum absolute atomic E-state index is 0.0861. The molecular weight excluding hydrogens is 694 g/mol. The van der Waals surface area contributed by atoms with E-state index in [1.807, 2.05) is 73.9 Å². The number of carbonyl (C=O) groups is 3. The van der Waals surface area contributed by atoms with Crippen molar-refractivity contribution in [3.8, 4) is 22.8 Å². The molecule has 10 nitrogen and oxygen atoms in total. The van der Waals surface area contributed by atoms with E-state index >= 15 is 0 Å². The summed E-state index contributed by atoms with van der Waals surface area (Å²) in [6.45, 7) is 3.23. The molecule has 3 heterocycles. The number of benzene rings is 3. The summed E-state index contributed by atoms with van der Waals surface area (Å²) >= 11 is 1.56. The number of aromatic nitrogens is 2. The molecule has 0 saturated heterocycles. The summed E-state index contributed by atoms with van der Waals surface area (Å²) in [7, 11) is 0. The zero-order chi connectivity index (χ0) is 37.4. The summed E-state index contributed by atoms with van der Waals surface area (Å²) in [5.41, 5.74) is 3.98. The van der Waals surface area contributed by atoms with Gasteiger partial charge in [-0.1, -0.05) is 43.7 Å². The smallest absolute Gasteiger partial charge is 0.243 e. The number of ether oxygens (including phenoxy) is 2. The molecule has 0 spiro atoms. The zero-order valence-corrected chi connectivity index (χ0v) is 31.1. The third-order valence-electron chi connectivity index (χ3n) is 8.81. The first-order valence-electron chi connectivity index (χ1n) is 18.1. The van der Waals surface area contributed by atoms with Crippen molar-refractivity contribution >= 4 is 35.6 Å². The Morgan fingerprint density at radius 3 is 2.62 bits per heavy atom. The molecule has 12 heteroatoms. The van der Waals surface area contributed by atoms with Gasteiger partial charge in [0.2, 0.25) is 17.7 Å². The average Bonchev–Trinajstić information content (AvgIpc) is 3.55. The molecule has 0 saturated carbocycles. The zero-order valence-electron chi connectivity index (χ0n) is 30.3. The fourth-order valence-electron chi connectivity index (χ4n) is 5.97. The normalized spacial score (nSPS) is 17.9. The second kappa shape index (κ2) is 20.2.